The summed E-state index contributed by atoms with van der Waals surface area (Å²) in [6.45, 7) is 1.96. The topological polar surface area (TPSA) is 84.7 Å². The number of nitrogens with zero attached hydrogens (tertiary/aromatic N) is 4. The van der Waals surface area contributed by atoms with E-state index in [9.17, 15) is 18.5 Å². The van der Waals surface area contributed by atoms with Gasteiger partial charge in [-0.2, -0.15) is 9.57 Å². The van der Waals surface area contributed by atoms with Crippen LogP contribution in [-0.4, -0.2) is 68.2 Å². The van der Waals surface area contributed by atoms with Crippen LogP contribution < -0.4 is 0 Å². The van der Waals surface area contributed by atoms with E-state index in [-0.39, 0.29) is 36.0 Å². The van der Waals surface area contributed by atoms with E-state index in [1.54, 1.807) is 17.0 Å². The van der Waals surface area contributed by atoms with Crippen LogP contribution in [0.3, 0.4) is 0 Å². The smallest absolute Gasteiger partial charge is 0.244 e. The summed E-state index contributed by atoms with van der Waals surface area (Å²) in [5.74, 6) is -0.0251. The van der Waals surface area contributed by atoms with E-state index in [1.807, 2.05) is 36.2 Å². The van der Waals surface area contributed by atoms with Gasteiger partial charge < -0.3 is 4.90 Å². The third-order valence-electron chi connectivity index (χ3n) is 6.14. The monoisotopic (exact) mass is 488 g/mol. The van der Waals surface area contributed by atoms with Crippen LogP contribution in [0.4, 0.5) is 0 Å². The number of hydrogen-bond donors (Lipinski definition) is 0. The Balaban J connectivity index is 1.30. The molecule has 1 saturated heterocycles. The predicted octanol–water partition coefficient (Wildman–Crippen LogP) is 3.19. The van der Waals surface area contributed by atoms with Gasteiger partial charge in [0.25, 0.3) is 0 Å². The number of nitriles is 1. The van der Waals surface area contributed by atoms with Crippen molar-refractivity contribution in [3.8, 4) is 17.2 Å². The zero-order chi connectivity index (χ0) is 24.8. The molecular formula is C27H28N4O3S. The predicted molar refractivity (Wildman–Crippen MR) is 135 cm³/mol. The van der Waals surface area contributed by atoms with Crippen LogP contribution >= 0.6 is 0 Å². The molecule has 4 rings (SSSR count). The van der Waals surface area contributed by atoms with E-state index in [0.717, 1.165) is 11.1 Å². The summed E-state index contributed by atoms with van der Waals surface area (Å²) >= 11 is 0. The fourth-order valence-electron chi connectivity index (χ4n) is 4.23. The Labute approximate surface area is 206 Å². The van der Waals surface area contributed by atoms with Crippen LogP contribution in [0.1, 0.15) is 11.1 Å². The van der Waals surface area contributed by atoms with Gasteiger partial charge in [0.2, 0.25) is 15.9 Å². The van der Waals surface area contributed by atoms with Gasteiger partial charge in [-0.15, -0.1) is 0 Å². The van der Waals surface area contributed by atoms with Crippen molar-refractivity contribution in [1.82, 2.24) is 14.1 Å². The first-order valence-electron chi connectivity index (χ1n) is 11.5. The lowest BCUT2D eigenvalue weighted by Gasteiger charge is -2.35. The Morgan fingerprint density at radius 1 is 0.886 bits per heavy atom. The van der Waals surface area contributed by atoms with Crippen LogP contribution in [0, 0.1) is 11.3 Å². The molecule has 1 amide bonds. The molecule has 0 spiro atoms. The van der Waals surface area contributed by atoms with Gasteiger partial charge in [-0.05, 0) is 35.9 Å². The van der Waals surface area contributed by atoms with E-state index < -0.39 is 10.0 Å². The van der Waals surface area contributed by atoms with Crippen molar-refractivity contribution >= 4 is 15.9 Å². The molecule has 1 aliphatic heterocycles. The summed E-state index contributed by atoms with van der Waals surface area (Å²) in [4.78, 5) is 16.5. The Kier molecular flexibility index (Phi) is 7.61. The van der Waals surface area contributed by atoms with Gasteiger partial charge in [0.05, 0.1) is 17.0 Å². The molecule has 0 aromatic heterocycles. The molecule has 3 aromatic carbocycles. The Hall–Kier alpha value is -3.51. The average Bonchev–Trinajstić information content (AvgIpc) is 2.89. The zero-order valence-corrected chi connectivity index (χ0v) is 20.5. The van der Waals surface area contributed by atoms with Gasteiger partial charge in [0.15, 0.2) is 0 Å². The van der Waals surface area contributed by atoms with Gasteiger partial charge in [-0.1, -0.05) is 66.7 Å². The zero-order valence-electron chi connectivity index (χ0n) is 19.7. The van der Waals surface area contributed by atoms with Crippen LogP contribution in [0.2, 0.25) is 0 Å². The molecule has 0 bridgehead atoms. The molecule has 1 fully saturated rings. The summed E-state index contributed by atoms with van der Waals surface area (Å²) in [5.41, 5.74) is 3.56. The minimum absolute atomic E-state index is 0.0142. The van der Waals surface area contributed by atoms with Crippen molar-refractivity contribution in [2.45, 2.75) is 11.4 Å². The summed E-state index contributed by atoms with van der Waals surface area (Å²) in [7, 11) is -1.87. The second-order valence-electron chi connectivity index (χ2n) is 8.63. The van der Waals surface area contributed by atoms with E-state index in [1.165, 1.54) is 22.0 Å². The lowest BCUT2D eigenvalue weighted by Crippen LogP contribution is -2.52. The number of amides is 1. The molecule has 180 valence electrons. The molecular weight excluding hydrogens is 460 g/mol. The number of sulfonamides is 1. The maximum atomic E-state index is 13.0. The fraction of sp³-hybridized carbons (Fsp3) is 0.259. The minimum atomic E-state index is -3.78. The van der Waals surface area contributed by atoms with Crippen molar-refractivity contribution in [3.05, 3.63) is 90.0 Å². The highest BCUT2D eigenvalue weighted by molar-refractivity contribution is 7.89. The number of piperazine rings is 1. The van der Waals surface area contributed by atoms with Gasteiger partial charge in [0.1, 0.15) is 6.07 Å². The lowest BCUT2D eigenvalue weighted by atomic mass is 10.0. The average molecular weight is 489 g/mol. The summed E-state index contributed by atoms with van der Waals surface area (Å²) < 4.78 is 27.4. The van der Waals surface area contributed by atoms with Crippen LogP contribution in [-0.2, 0) is 21.4 Å². The van der Waals surface area contributed by atoms with Gasteiger partial charge >= 0.3 is 0 Å². The van der Waals surface area contributed by atoms with Crippen molar-refractivity contribution in [3.63, 3.8) is 0 Å². The number of hydrogen-bond acceptors (Lipinski definition) is 5. The Morgan fingerprint density at radius 3 is 2.14 bits per heavy atom. The number of rotatable bonds is 7. The lowest BCUT2D eigenvalue weighted by molar-refractivity contribution is -0.133. The minimum Gasteiger partial charge on any atom is -0.339 e. The first kappa shape index (κ1) is 24.6. The SMILES string of the molecule is CN(CC(=O)N1CCN(S(=O)(=O)c2ccccc2C#N)CC1)Cc1ccc(-c2ccccc2)cc1. The molecule has 7 nitrogen and oxygen atoms in total. The molecule has 0 N–H and O–H groups in total. The standard InChI is InChI=1S/C27H28N4O3S/c1-29(20-22-11-13-24(14-12-22)23-7-3-2-4-8-23)21-27(32)30-15-17-31(18-16-30)35(33,34)26-10-6-5-9-25(26)19-28/h2-14H,15-18,20-21H2,1H3. The largest absolute Gasteiger partial charge is 0.339 e. The maximum Gasteiger partial charge on any atom is 0.244 e. The van der Waals surface area contributed by atoms with E-state index in [4.69, 9.17) is 0 Å². The van der Waals surface area contributed by atoms with Crippen molar-refractivity contribution in [1.29, 1.82) is 5.26 Å². The molecule has 8 heteroatoms. The highest BCUT2D eigenvalue weighted by Crippen LogP contribution is 2.22. The normalized spacial score (nSPS) is 14.6. The molecule has 0 aliphatic carbocycles. The van der Waals surface area contributed by atoms with Crippen molar-refractivity contribution < 1.29 is 13.2 Å². The summed E-state index contributed by atoms with van der Waals surface area (Å²) in [6.07, 6.45) is 0. The van der Waals surface area contributed by atoms with Crippen molar-refractivity contribution in [2.24, 2.45) is 0 Å². The molecule has 0 radical (unpaired) electrons. The Bertz CT molecular complexity index is 1310. The van der Waals surface area contributed by atoms with Crippen LogP contribution in [0.5, 0.6) is 0 Å². The first-order chi connectivity index (χ1) is 16.9. The molecule has 1 aliphatic rings. The summed E-state index contributed by atoms with van der Waals surface area (Å²) in [5, 5.41) is 9.26. The number of benzene rings is 3. The molecule has 0 atom stereocenters. The van der Waals surface area contributed by atoms with Gasteiger partial charge in [0, 0.05) is 32.7 Å². The molecule has 35 heavy (non-hydrogen) atoms. The second-order valence-corrected chi connectivity index (χ2v) is 10.5. The Morgan fingerprint density at radius 2 is 1.49 bits per heavy atom. The van der Waals surface area contributed by atoms with E-state index in [0.29, 0.717) is 19.6 Å². The summed E-state index contributed by atoms with van der Waals surface area (Å²) in [6, 6.07) is 26.7. The quantitative estimate of drug-likeness (QED) is 0.510. The number of likely N-dealkylation sites (N-methyl/N-ethyl adjacent to an activating group) is 1. The fourth-order valence-corrected chi connectivity index (χ4v) is 5.80. The van der Waals surface area contributed by atoms with Crippen molar-refractivity contribution in [2.75, 3.05) is 39.8 Å². The molecule has 0 unspecified atom stereocenters. The first-order valence-corrected chi connectivity index (χ1v) is 12.9. The second kappa shape index (κ2) is 10.8. The van der Waals surface area contributed by atoms with Gasteiger partial charge in [-0.3, -0.25) is 9.69 Å². The molecule has 0 saturated carbocycles. The maximum absolute atomic E-state index is 13.0. The number of carbonyl (C=O) groups is 1. The van der Waals surface area contributed by atoms with Gasteiger partial charge in [-0.25, -0.2) is 8.42 Å². The van der Waals surface area contributed by atoms with Crippen LogP contribution in [0.15, 0.2) is 83.8 Å². The molecule has 1 heterocycles. The molecule has 3 aromatic rings. The van der Waals surface area contributed by atoms with E-state index >= 15 is 0 Å². The third-order valence-corrected chi connectivity index (χ3v) is 8.09. The highest BCUT2D eigenvalue weighted by atomic mass is 32.2. The van der Waals surface area contributed by atoms with E-state index in [2.05, 4.69) is 36.4 Å². The highest BCUT2D eigenvalue weighted by Gasteiger charge is 2.31. The van der Waals surface area contributed by atoms with Crippen LogP contribution in [0.25, 0.3) is 11.1 Å². The number of carbonyl (C=O) groups excluding carboxylic acids is 1. The third kappa shape index (κ3) is 5.77.